The van der Waals surface area contributed by atoms with Gasteiger partial charge in [-0.25, -0.2) is 4.68 Å². The van der Waals surface area contributed by atoms with Crippen LogP contribution in [0.15, 0.2) is 39.6 Å². The molecule has 0 unspecified atom stereocenters. The van der Waals surface area contributed by atoms with Crippen molar-refractivity contribution >= 4 is 15.9 Å². The first-order chi connectivity index (χ1) is 8.60. The fourth-order valence-electron chi connectivity index (χ4n) is 1.65. The molecule has 2 aromatic rings. The van der Waals surface area contributed by atoms with Gasteiger partial charge in [-0.2, -0.15) is 5.10 Å². The molecular weight excluding hydrogens is 296 g/mol. The van der Waals surface area contributed by atoms with Gasteiger partial charge in [-0.1, -0.05) is 6.07 Å². The first-order valence-electron chi connectivity index (χ1n) is 5.47. The highest BCUT2D eigenvalue weighted by molar-refractivity contribution is 9.10. The molecule has 0 atom stereocenters. The number of hydrogen-bond acceptors (Lipinski definition) is 3. The predicted octanol–water partition coefficient (Wildman–Crippen LogP) is 2.37. The molecule has 0 saturated heterocycles. The number of benzene rings is 1. The average molecular weight is 309 g/mol. The van der Waals surface area contributed by atoms with Gasteiger partial charge in [0.25, 0.3) is 5.56 Å². The van der Waals surface area contributed by atoms with Crippen LogP contribution in [-0.4, -0.2) is 16.9 Å². The highest BCUT2D eigenvalue weighted by atomic mass is 79.9. The quantitative estimate of drug-likeness (QED) is 0.874. The van der Waals surface area contributed by atoms with E-state index in [1.165, 1.54) is 10.7 Å². The molecule has 0 radical (unpaired) electrons. The van der Waals surface area contributed by atoms with Gasteiger partial charge in [-0.15, -0.1) is 0 Å². The zero-order valence-corrected chi connectivity index (χ0v) is 11.8. The van der Waals surface area contributed by atoms with E-state index in [9.17, 15) is 4.79 Å². The first-order valence-corrected chi connectivity index (χ1v) is 6.26. The molecule has 5 heteroatoms. The van der Waals surface area contributed by atoms with E-state index in [0.29, 0.717) is 6.54 Å². The van der Waals surface area contributed by atoms with Gasteiger partial charge >= 0.3 is 0 Å². The SMILES string of the molecule is COc1ccc(Cn2nc(C)ccc2=O)cc1Br. The Morgan fingerprint density at radius 3 is 2.78 bits per heavy atom. The number of aromatic nitrogens is 2. The Hall–Kier alpha value is -1.62. The second-order valence-corrected chi connectivity index (χ2v) is 4.79. The molecule has 18 heavy (non-hydrogen) atoms. The van der Waals surface area contributed by atoms with Crippen molar-refractivity contribution in [2.45, 2.75) is 13.5 Å². The lowest BCUT2D eigenvalue weighted by Crippen LogP contribution is -2.22. The average Bonchev–Trinajstić information content (AvgIpc) is 2.34. The minimum absolute atomic E-state index is 0.104. The van der Waals surface area contributed by atoms with Crippen molar-refractivity contribution in [3.05, 3.63) is 56.4 Å². The number of rotatable bonds is 3. The van der Waals surface area contributed by atoms with Crippen LogP contribution in [0.5, 0.6) is 5.75 Å². The van der Waals surface area contributed by atoms with E-state index in [2.05, 4.69) is 21.0 Å². The summed E-state index contributed by atoms with van der Waals surface area (Å²) in [7, 11) is 1.62. The van der Waals surface area contributed by atoms with Gasteiger partial charge in [0.15, 0.2) is 0 Å². The summed E-state index contributed by atoms with van der Waals surface area (Å²) in [6, 6.07) is 8.94. The molecule has 0 aliphatic heterocycles. The zero-order chi connectivity index (χ0) is 13.1. The third kappa shape index (κ3) is 2.79. The van der Waals surface area contributed by atoms with Gasteiger partial charge in [0.2, 0.25) is 0 Å². The van der Waals surface area contributed by atoms with Crippen LogP contribution < -0.4 is 10.3 Å². The Morgan fingerprint density at radius 1 is 1.33 bits per heavy atom. The zero-order valence-electron chi connectivity index (χ0n) is 10.2. The van der Waals surface area contributed by atoms with Crippen LogP contribution in [0.4, 0.5) is 0 Å². The number of hydrogen-bond donors (Lipinski definition) is 0. The summed E-state index contributed by atoms with van der Waals surface area (Å²) in [6.45, 7) is 2.31. The van der Waals surface area contributed by atoms with Crippen molar-refractivity contribution < 1.29 is 4.74 Å². The lowest BCUT2D eigenvalue weighted by Gasteiger charge is -2.08. The largest absolute Gasteiger partial charge is 0.496 e. The van der Waals surface area contributed by atoms with E-state index in [1.807, 2.05) is 25.1 Å². The Balaban J connectivity index is 2.31. The van der Waals surface area contributed by atoms with Crippen LogP contribution in [0.1, 0.15) is 11.3 Å². The Labute approximate surface area is 113 Å². The highest BCUT2D eigenvalue weighted by Gasteiger charge is 2.04. The first kappa shape index (κ1) is 12.8. The fraction of sp³-hybridized carbons (Fsp3) is 0.231. The van der Waals surface area contributed by atoms with Crippen molar-refractivity contribution in [3.8, 4) is 5.75 Å². The summed E-state index contributed by atoms with van der Waals surface area (Å²) in [5.41, 5.74) is 1.71. The van der Waals surface area contributed by atoms with Gasteiger partial charge in [-0.3, -0.25) is 4.79 Å². The van der Waals surface area contributed by atoms with Gasteiger partial charge in [0.05, 0.1) is 23.8 Å². The van der Waals surface area contributed by atoms with Crippen LogP contribution in [0.25, 0.3) is 0 Å². The van der Waals surface area contributed by atoms with Crippen molar-refractivity contribution in [2.24, 2.45) is 0 Å². The van der Waals surface area contributed by atoms with Gasteiger partial charge in [-0.05, 0) is 46.6 Å². The van der Waals surface area contributed by atoms with Crippen LogP contribution in [0, 0.1) is 6.92 Å². The molecule has 1 heterocycles. The van der Waals surface area contributed by atoms with E-state index in [-0.39, 0.29) is 5.56 Å². The topological polar surface area (TPSA) is 44.1 Å². The van der Waals surface area contributed by atoms with E-state index in [4.69, 9.17) is 4.74 Å². The molecule has 1 aromatic carbocycles. The highest BCUT2D eigenvalue weighted by Crippen LogP contribution is 2.25. The summed E-state index contributed by atoms with van der Waals surface area (Å²) in [6.07, 6.45) is 0. The number of ether oxygens (including phenoxy) is 1. The third-order valence-corrected chi connectivity index (χ3v) is 3.17. The summed E-state index contributed by atoms with van der Waals surface area (Å²) >= 11 is 3.42. The van der Waals surface area contributed by atoms with E-state index >= 15 is 0 Å². The van der Waals surface area contributed by atoms with Crippen molar-refractivity contribution in [1.82, 2.24) is 9.78 Å². The monoisotopic (exact) mass is 308 g/mol. The summed E-state index contributed by atoms with van der Waals surface area (Å²) in [5.74, 6) is 0.767. The minimum atomic E-state index is -0.104. The normalized spacial score (nSPS) is 10.4. The Bertz CT molecular complexity index is 623. The van der Waals surface area contributed by atoms with Crippen molar-refractivity contribution in [3.63, 3.8) is 0 Å². The maximum absolute atomic E-state index is 11.6. The molecule has 4 nitrogen and oxygen atoms in total. The molecule has 0 amide bonds. The van der Waals surface area contributed by atoms with Crippen molar-refractivity contribution in [2.75, 3.05) is 7.11 Å². The third-order valence-electron chi connectivity index (χ3n) is 2.55. The van der Waals surface area contributed by atoms with Crippen LogP contribution in [0.3, 0.4) is 0 Å². The molecule has 0 spiro atoms. The van der Waals surface area contributed by atoms with Crippen LogP contribution in [0.2, 0.25) is 0 Å². The number of aryl methyl sites for hydroxylation is 1. The summed E-state index contributed by atoms with van der Waals surface area (Å²) in [4.78, 5) is 11.6. The standard InChI is InChI=1S/C13H13BrN2O2/c1-9-3-6-13(17)16(15-9)8-10-4-5-12(18-2)11(14)7-10/h3-7H,8H2,1-2H3. The van der Waals surface area contributed by atoms with E-state index in [0.717, 1.165) is 21.5 Å². The van der Waals surface area contributed by atoms with Gasteiger partial charge in [0, 0.05) is 6.07 Å². The smallest absolute Gasteiger partial charge is 0.267 e. The second kappa shape index (κ2) is 5.35. The molecule has 0 fully saturated rings. The molecule has 0 aliphatic carbocycles. The molecule has 0 saturated carbocycles. The molecule has 0 N–H and O–H groups in total. The van der Waals surface area contributed by atoms with E-state index in [1.54, 1.807) is 13.2 Å². The fourth-order valence-corrected chi connectivity index (χ4v) is 2.23. The van der Waals surface area contributed by atoms with E-state index < -0.39 is 0 Å². The Kier molecular flexibility index (Phi) is 3.81. The molecule has 0 aliphatic rings. The number of nitrogens with zero attached hydrogens (tertiary/aromatic N) is 2. The lowest BCUT2D eigenvalue weighted by molar-refractivity contribution is 0.412. The van der Waals surface area contributed by atoms with Crippen LogP contribution >= 0.6 is 15.9 Å². The van der Waals surface area contributed by atoms with Gasteiger partial charge < -0.3 is 4.74 Å². The maximum atomic E-state index is 11.6. The number of methoxy groups -OCH3 is 1. The molecule has 94 valence electrons. The summed E-state index contributed by atoms with van der Waals surface area (Å²) < 4.78 is 7.47. The molecule has 1 aromatic heterocycles. The Morgan fingerprint density at radius 2 is 2.11 bits per heavy atom. The maximum Gasteiger partial charge on any atom is 0.267 e. The number of halogens is 1. The van der Waals surface area contributed by atoms with Gasteiger partial charge in [0.1, 0.15) is 5.75 Å². The second-order valence-electron chi connectivity index (χ2n) is 3.94. The lowest BCUT2D eigenvalue weighted by atomic mass is 10.2. The summed E-state index contributed by atoms with van der Waals surface area (Å²) in [5, 5.41) is 4.20. The molecular formula is C13H13BrN2O2. The van der Waals surface area contributed by atoms with Crippen molar-refractivity contribution in [1.29, 1.82) is 0 Å². The molecule has 2 rings (SSSR count). The minimum Gasteiger partial charge on any atom is -0.496 e. The van der Waals surface area contributed by atoms with Crippen LogP contribution in [-0.2, 0) is 6.54 Å². The predicted molar refractivity (Wildman–Crippen MR) is 73.0 cm³/mol. The molecule has 0 bridgehead atoms.